The lowest BCUT2D eigenvalue weighted by molar-refractivity contribution is 0.226. The van der Waals surface area contributed by atoms with Gasteiger partial charge in [0.25, 0.3) is 0 Å². The average Bonchev–Trinajstić information content (AvgIpc) is 2.97. The highest BCUT2D eigenvalue weighted by Crippen LogP contribution is 2.07. The molecule has 0 aliphatic rings. The van der Waals surface area contributed by atoms with Crippen molar-refractivity contribution >= 4 is 24.1 Å². The zero-order valence-electron chi connectivity index (χ0n) is 26.7. The van der Waals surface area contributed by atoms with Gasteiger partial charge in [-0.2, -0.15) is 0 Å². The summed E-state index contributed by atoms with van der Waals surface area (Å²) < 4.78 is 0. The summed E-state index contributed by atoms with van der Waals surface area (Å²) in [6, 6.07) is 5.05. The first-order valence-corrected chi connectivity index (χ1v) is 15.6. The second-order valence-corrected chi connectivity index (χ2v) is 11.5. The Balaban J connectivity index is 2.55. The molecule has 0 aliphatic carbocycles. The number of benzene rings is 1. The van der Waals surface area contributed by atoms with Crippen molar-refractivity contribution in [3.8, 4) is 0 Å². The Bertz CT molecular complexity index is 979. The van der Waals surface area contributed by atoms with Gasteiger partial charge in [0.1, 0.15) is 0 Å². The highest BCUT2D eigenvalue weighted by atomic mass is 16.2. The highest BCUT2D eigenvalue weighted by Gasteiger charge is 2.18. The molecule has 0 radical (unpaired) electrons. The molecule has 8 amide bonds. The standard InChI is InChI=1S/C30H56N10O4/c1-21-10-12-24(13-11-21)16-26(20-34-27(33)41)40-30(44)37-19-25(9-5-7-15-32)39-29(43)36-18-23(3)38-28(42)35-17-22(2)8-4-6-14-31/h10-13,22-23,25-26H,4-9,14-20,31-32H2,1-3H3,(H3,33,34,41)(H2,35,38,42)(H2,36,39,43)(H2,37,40,44)/t22-,23-,25-,26-/m0/s1. The number of rotatable bonds is 21. The molecule has 0 spiro atoms. The van der Waals surface area contributed by atoms with Crippen molar-refractivity contribution in [1.82, 2.24) is 37.2 Å². The summed E-state index contributed by atoms with van der Waals surface area (Å²) in [4.78, 5) is 48.9. The van der Waals surface area contributed by atoms with Gasteiger partial charge in [0.15, 0.2) is 0 Å². The van der Waals surface area contributed by atoms with Gasteiger partial charge < -0.3 is 54.4 Å². The van der Waals surface area contributed by atoms with Crippen molar-refractivity contribution in [1.29, 1.82) is 0 Å². The molecule has 0 heterocycles. The van der Waals surface area contributed by atoms with Gasteiger partial charge in [-0.25, -0.2) is 19.2 Å². The zero-order chi connectivity index (χ0) is 32.7. The normalized spacial score (nSPS) is 13.5. The minimum atomic E-state index is -0.676. The van der Waals surface area contributed by atoms with Crippen LogP contribution >= 0.6 is 0 Å². The highest BCUT2D eigenvalue weighted by molar-refractivity contribution is 5.76. The molecular formula is C30H56N10O4. The lowest BCUT2D eigenvalue weighted by Crippen LogP contribution is -2.53. The molecule has 250 valence electrons. The van der Waals surface area contributed by atoms with E-state index in [1.54, 1.807) is 6.92 Å². The topological polar surface area (TPSA) is 231 Å². The van der Waals surface area contributed by atoms with Crippen LogP contribution in [0.5, 0.6) is 0 Å². The Morgan fingerprint density at radius 3 is 1.80 bits per heavy atom. The molecule has 0 aliphatic heterocycles. The number of primary amides is 1. The molecule has 1 aromatic carbocycles. The number of unbranched alkanes of at least 4 members (excludes halogenated alkanes) is 2. The van der Waals surface area contributed by atoms with E-state index in [-0.39, 0.29) is 37.7 Å². The number of amides is 8. The van der Waals surface area contributed by atoms with Crippen LogP contribution in [0.25, 0.3) is 0 Å². The van der Waals surface area contributed by atoms with Crippen LogP contribution in [0.1, 0.15) is 63.5 Å². The molecule has 44 heavy (non-hydrogen) atoms. The number of carbonyl (C=O) groups is 4. The monoisotopic (exact) mass is 620 g/mol. The quantitative estimate of drug-likeness (QED) is 0.0905. The zero-order valence-corrected chi connectivity index (χ0v) is 26.7. The number of nitrogens with two attached hydrogens (primary N) is 3. The second-order valence-electron chi connectivity index (χ2n) is 11.5. The minimum absolute atomic E-state index is 0.162. The Morgan fingerprint density at radius 1 is 0.659 bits per heavy atom. The number of hydrogen-bond acceptors (Lipinski definition) is 6. The van der Waals surface area contributed by atoms with Crippen molar-refractivity contribution in [2.24, 2.45) is 23.1 Å². The molecule has 1 aromatic rings. The van der Waals surface area contributed by atoms with E-state index < -0.39 is 24.1 Å². The number of hydrogen-bond donors (Lipinski definition) is 10. The minimum Gasteiger partial charge on any atom is -0.352 e. The van der Waals surface area contributed by atoms with E-state index >= 15 is 0 Å². The maximum Gasteiger partial charge on any atom is 0.315 e. The van der Waals surface area contributed by atoms with Crippen LogP contribution in [0.3, 0.4) is 0 Å². The summed E-state index contributed by atoms with van der Waals surface area (Å²) >= 11 is 0. The fraction of sp³-hybridized carbons (Fsp3) is 0.667. The van der Waals surface area contributed by atoms with Crippen molar-refractivity contribution in [2.75, 3.05) is 39.3 Å². The van der Waals surface area contributed by atoms with Crippen LogP contribution < -0.4 is 54.4 Å². The number of nitrogens with one attached hydrogen (secondary N) is 7. The van der Waals surface area contributed by atoms with Crippen LogP contribution in [0.2, 0.25) is 0 Å². The van der Waals surface area contributed by atoms with E-state index in [2.05, 4.69) is 44.1 Å². The molecule has 0 fully saturated rings. The van der Waals surface area contributed by atoms with E-state index in [0.717, 1.165) is 43.2 Å². The van der Waals surface area contributed by atoms with Gasteiger partial charge in [-0.1, -0.05) is 49.6 Å². The Morgan fingerprint density at radius 2 is 1.18 bits per heavy atom. The summed E-state index contributed by atoms with van der Waals surface area (Å²) in [5, 5.41) is 19.6. The third-order valence-electron chi connectivity index (χ3n) is 7.02. The van der Waals surface area contributed by atoms with Gasteiger partial charge in [0.2, 0.25) is 0 Å². The van der Waals surface area contributed by atoms with Crippen molar-refractivity contribution < 1.29 is 19.2 Å². The number of urea groups is 4. The summed E-state index contributed by atoms with van der Waals surface area (Å²) in [7, 11) is 0. The van der Waals surface area contributed by atoms with Gasteiger partial charge in [-0.3, -0.25) is 0 Å². The van der Waals surface area contributed by atoms with Gasteiger partial charge >= 0.3 is 24.1 Å². The molecule has 1 rings (SSSR count). The molecule has 14 heteroatoms. The Hall–Kier alpha value is -3.78. The fourth-order valence-electron chi connectivity index (χ4n) is 4.43. The Kier molecular flexibility index (Phi) is 19.7. The van der Waals surface area contributed by atoms with Crippen LogP contribution in [-0.4, -0.2) is 81.5 Å². The molecule has 0 saturated heterocycles. The molecule has 0 saturated carbocycles. The van der Waals surface area contributed by atoms with Crippen molar-refractivity contribution in [2.45, 2.75) is 83.8 Å². The van der Waals surface area contributed by atoms with E-state index in [4.69, 9.17) is 17.2 Å². The molecule has 13 N–H and O–H groups in total. The lowest BCUT2D eigenvalue weighted by Gasteiger charge is -2.23. The van der Waals surface area contributed by atoms with Crippen LogP contribution in [-0.2, 0) is 6.42 Å². The SMILES string of the molecule is Cc1ccc(C[C@@H](CNC(N)=O)NC(=O)NC[C@H](CCCCN)NC(=O)NC[C@H](C)NC(=O)NC[C@@H](C)CCCCN)cc1. The second kappa shape index (κ2) is 22.7. The average molecular weight is 621 g/mol. The molecular weight excluding hydrogens is 564 g/mol. The van der Waals surface area contributed by atoms with Crippen LogP contribution in [0.4, 0.5) is 19.2 Å². The predicted octanol–water partition coefficient (Wildman–Crippen LogP) is 1.12. The summed E-state index contributed by atoms with van der Waals surface area (Å²) in [6.45, 7) is 8.21. The maximum absolute atomic E-state index is 12.8. The fourth-order valence-corrected chi connectivity index (χ4v) is 4.43. The summed E-state index contributed by atoms with van der Waals surface area (Å²) in [5.41, 5.74) is 18.5. The van der Waals surface area contributed by atoms with E-state index in [1.165, 1.54) is 0 Å². The lowest BCUT2D eigenvalue weighted by atomic mass is 10.0. The first kappa shape index (κ1) is 38.2. The van der Waals surface area contributed by atoms with Crippen molar-refractivity contribution in [3.05, 3.63) is 35.4 Å². The molecule has 4 atom stereocenters. The third-order valence-corrected chi connectivity index (χ3v) is 7.02. The van der Waals surface area contributed by atoms with Gasteiger partial charge in [-0.05, 0) is 70.5 Å². The van der Waals surface area contributed by atoms with Gasteiger partial charge in [-0.15, -0.1) is 0 Å². The van der Waals surface area contributed by atoms with E-state index in [0.29, 0.717) is 38.4 Å². The number of carbonyl (C=O) groups excluding carboxylic acids is 4. The molecule has 0 aromatic heterocycles. The van der Waals surface area contributed by atoms with Gasteiger partial charge in [0.05, 0.1) is 6.04 Å². The molecule has 0 bridgehead atoms. The predicted molar refractivity (Wildman–Crippen MR) is 174 cm³/mol. The van der Waals surface area contributed by atoms with Crippen LogP contribution in [0.15, 0.2) is 24.3 Å². The third kappa shape index (κ3) is 19.4. The van der Waals surface area contributed by atoms with Crippen molar-refractivity contribution in [3.63, 3.8) is 0 Å². The first-order chi connectivity index (χ1) is 21.0. The first-order valence-electron chi connectivity index (χ1n) is 15.6. The number of aryl methyl sites for hydroxylation is 1. The largest absolute Gasteiger partial charge is 0.352 e. The van der Waals surface area contributed by atoms with Crippen LogP contribution in [0, 0.1) is 12.8 Å². The van der Waals surface area contributed by atoms with E-state index in [9.17, 15) is 19.2 Å². The maximum atomic E-state index is 12.8. The molecule has 0 unspecified atom stereocenters. The smallest absolute Gasteiger partial charge is 0.315 e. The van der Waals surface area contributed by atoms with Gasteiger partial charge in [0, 0.05) is 38.3 Å². The Labute approximate surface area is 262 Å². The van der Waals surface area contributed by atoms with E-state index in [1.807, 2.05) is 31.2 Å². The summed E-state index contributed by atoms with van der Waals surface area (Å²) in [5.74, 6) is 0.351. The summed E-state index contributed by atoms with van der Waals surface area (Å²) in [6.07, 6.45) is 5.67. The molecule has 14 nitrogen and oxygen atoms in total.